The summed E-state index contributed by atoms with van der Waals surface area (Å²) >= 11 is 12.2. The standard InChI is InChI=1S/C13H13Cl2N5.CH4O3S/c1-4-11-17-18-13-12(19(2)3)16-9-5-7(14)8(15)6-10(9)20(11)13;1-5(2,3)4/h5-6H,4H2,1-3H3;1H3,(H,2,3,4). The van der Waals surface area contributed by atoms with Crippen LogP contribution < -0.4 is 4.90 Å². The second kappa shape index (κ2) is 7.28. The monoisotopic (exact) mass is 405 g/mol. The van der Waals surface area contributed by atoms with E-state index in [-0.39, 0.29) is 0 Å². The van der Waals surface area contributed by atoms with Crippen molar-refractivity contribution in [3.05, 3.63) is 28.0 Å². The zero-order valence-corrected chi connectivity index (χ0v) is 16.4. The highest BCUT2D eigenvalue weighted by Crippen LogP contribution is 2.30. The highest BCUT2D eigenvalue weighted by molar-refractivity contribution is 7.85. The summed E-state index contributed by atoms with van der Waals surface area (Å²) in [6, 6.07) is 3.58. The molecular weight excluding hydrogens is 389 g/mol. The molecule has 2 aromatic heterocycles. The van der Waals surface area contributed by atoms with Crippen LogP contribution in [-0.2, 0) is 16.5 Å². The molecule has 0 spiro atoms. The third-order valence-electron chi connectivity index (χ3n) is 3.15. The number of hydrogen-bond acceptors (Lipinski definition) is 6. The highest BCUT2D eigenvalue weighted by Gasteiger charge is 2.16. The van der Waals surface area contributed by atoms with E-state index in [1.165, 1.54) is 0 Å². The Kier molecular flexibility index (Phi) is 5.72. The lowest BCUT2D eigenvalue weighted by atomic mass is 10.3. The van der Waals surface area contributed by atoms with Crippen LogP contribution in [0.4, 0.5) is 5.82 Å². The Morgan fingerprint density at radius 1 is 1.20 bits per heavy atom. The maximum Gasteiger partial charge on any atom is 0.261 e. The van der Waals surface area contributed by atoms with Gasteiger partial charge in [-0.1, -0.05) is 30.1 Å². The van der Waals surface area contributed by atoms with E-state index in [0.717, 1.165) is 34.7 Å². The first-order valence-corrected chi connectivity index (χ1v) is 9.76. The van der Waals surface area contributed by atoms with Gasteiger partial charge in [-0.05, 0) is 12.1 Å². The van der Waals surface area contributed by atoms with Gasteiger partial charge >= 0.3 is 0 Å². The van der Waals surface area contributed by atoms with Gasteiger partial charge < -0.3 is 4.90 Å². The molecule has 0 atom stereocenters. The molecule has 0 aliphatic carbocycles. The molecule has 0 bridgehead atoms. The Morgan fingerprint density at radius 3 is 2.28 bits per heavy atom. The lowest BCUT2D eigenvalue weighted by Crippen LogP contribution is -2.13. The molecular formula is C14H17Cl2N5O3S. The van der Waals surface area contributed by atoms with Gasteiger partial charge in [0.15, 0.2) is 5.82 Å². The fourth-order valence-electron chi connectivity index (χ4n) is 2.20. The summed E-state index contributed by atoms with van der Waals surface area (Å²) in [5.74, 6) is 1.62. The van der Waals surface area contributed by atoms with Crippen molar-refractivity contribution in [2.45, 2.75) is 13.3 Å². The van der Waals surface area contributed by atoms with Gasteiger partial charge in [-0.15, -0.1) is 10.2 Å². The van der Waals surface area contributed by atoms with E-state index in [0.29, 0.717) is 16.3 Å². The Balaban J connectivity index is 0.000000399. The molecule has 25 heavy (non-hydrogen) atoms. The maximum atomic E-state index is 9.19. The average molecular weight is 406 g/mol. The van der Waals surface area contributed by atoms with Crippen LogP contribution in [0.5, 0.6) is 0 Å². The van der Waals surface area contributed by atoms with Gasteiger partial charge in [-0.2, -0.15) is 8.42 Å². The molecule has 0 fully saturated rings. The summed E-state index contributed by atoms with van der Waals surface area (Å²) in [7, 11) is 0.179. The maximum absolute atomic E-state index is 9.19. The first-order chi connectivity index (χ1) is 11.5. The summed E-state index contributed by atoms with van der Waals surface area (Å²) in [6.07, 6.45) is 1.49. The van der Waals surface area contributed by atoms with Gasteiger partial charge in [-0.3, -0.25) is 8.95 Å². The molecule has 0 aliphatic rings. The third-order valence-corrected chi connectivity index (χ3v) is 3.88. The Hall–Kier alpha value is -1.68. The van der Waals surface area contributed by atoms with Crippen molar-refractivity contribution in [3.63, 3.8) is 0 Å². The van der Waals surface area contributed by atoms with Gasteiger partial charge in [0.05, 0.1) is 27.3 Å². The molecule has 1 aromatic carbocycles. The van der Waals surface area contributed by atoms with E-state index >= 15 is 0 Å². The summed E-state index contributed by atoms with van der Waals surface area (Å²) in [5.41, 5.74) is 2.35. The average Bonchev–Trinajstić information content (AvgIpc) is 2.90. The number of aryl methyl sites for hydroxylation is 1. The molecule has 2 heterocycles. The van der Waals surface area contributed by atoms with Crippen molar-refractivity contribution >= 4 is 55.8 Å². The molecule has 0 saturated carbocycles. The first kappa shape index (κ1) is 19.6. The fourth-order valence-corrected chi connectivity index (χ4v) is 2.52. The smallest absolute Gasteiger partial charge is 0.261 e. The second-order valence-electron chi connectivity index (χ2n) is 5.45. The third kappa shape index (κ3) is 4.49. The highest BCUT2D eigenvalue weighted by atomic mass is 35.5. The molecule has 0 unspecified atom stereocenters. The number of fused-ring (bicyclic) bond motifs is 3. The number of anilines is 1. The minimum absolute atomic E-state index is 0.488. The number of aromatic nitrogens is 4. The Bertz CT molecular complexity index is 1030. The lowest BCUT2D eigenvalue weighted by Gasteiger charge is -2.14. The molecule has 3 aromatic rings. The first-order valence-electron chi connectivity index (χ1n) is 7.15. The number of rotatable bonds is 2. The van der Waals surface area contributed by atoms with Crippen LogP contribution in [-0.4, -0.2) is 52.9 Å². The number of halogens is 2. The van der Waals surface area contributed by atoms with Gasteiger partial charge in [0.1, 0.15) is 5.82 Å². The van der Waals surface area contributed by atoms with Crippen LogP contribution in [0.15, 0.2) is 12.1 Å². The summed E-state index contributed by atoms with van der Waals surface area (Å²) in [6.45, 7) is 2.04. The van der Waals surface area contributed by atoms with Crippen LogP contribution in [0.2, 0.25) is 10.0 Å². The molecule has 136 valence electrons. The van der Waals surface area contributed by atoms with Crippen LogP contribution >= 0.6 is 23.2 Å². The molecule has 11 heteroatoms. The van der Waals surface area contributed by atoms with Crippen LogP contribution in [0, 0.1) is 0 Å². The summed E-state index contributed by atoms with van der Waals surface area (Å²) in [4.78, 5) is 6.52. The van der Waals surface area contributed by atoms with E-state index in [4.69, 9.17) is 27.8 Å². The van der Waals surface area contributed by atoms with Crippen molar-refractivity contribution < 1.29 is 13.0 Å². The number of hydrogen-bond donors (Lipinski definition) is 1. The largest absolute Gasteiger partial charge is 0.360 e. The molecule has 0 radical (unpaired) electrons. The molecule has 0 saturated heterocycles. The van der Waals surface area contributed by atoms with Crippen molar-refractivity contribution in [2.75, 3.05) is 25.3 Å². The second-order valence-corrected chi connectivity index (χ2v) is 7.73. The van der Waals surface area contributed by atoms with E-state index in [2.05, 4.69) is 15.2 Å². The van der Waals surface area contributed by atoms with Gasteiger partial charge in [0.25, 0.3) is 10.1 Å². The zero-order chi connectivity index (χ0) is 18.9. The Labute approximate surface area is 155 Å². The number of benzene rings is 1. The summed E-state index contributed by atoms with van der Waals surface area (Å²) in [5, 5.41) is 9.46. The minimum atomic E-state index is -3.67. The van der Waals surface area contributed by atoms with Gasteiger partial charge in [0, 0.05) is 20.5 Å². The number of nitrogens with zero attached hydrogens (tertiary/aromatic N) is 5. The zero-order valence-electron chi connectivity index (χ0n) is 14.0. The van der Waals surface area contributed by atoms with E-state index in [1.54, 1.807) is 12.1 Å². The Morgan fingerprint density at radius 2 is 1.76 bits per heavy atom. The molecule has 8 nitrogen and oxygen atoms in total. The quantitative estimate of drug-likeness (QED) is 0.653. The lowest BCUT2D eigenvalue weighted by molar-refractivity contribution is 0.490. The predicted molar refractivity (Wildman–Crippen MR) is 99.5 cm³/mol. The van der Waals surface area contributed by atoms with E-state index in [9.17, 15) is 8.42 Å². The summed E-state index contributed by atoms with van der Waals surface area (Å²) < 4.78 is 27.9. The van der Waals surface area contributed by atoms with Crippen molar-refractivity contribution in [2.24, 2.45) is 0 Å². The SMILES string of the molecule is CCc1nnc2c(N(C)C)nc3cc(Cl)c(Cl)cc3n12.CS(=O)(=O)O. The van der Waals surface area contributed by atoms with E-state index in [1.807, 2.05) is 30.3 Å². The van der Waals surface area contributed by atoms with E-state index < -0.39 is 10.1 Å². The molecule has 0 aliphatic heterocycles. The predicted octanol–water partition coefficient (Wildman–Crippen LogP) is 2.72. The van der Waals surface area contributed by atoms with Gasteiger partial charge in [0.2, 0.25) is 5.65 Å². The van der Waals surface area contributed by atoms with Crippen molar-refractivity contribution in [1.29, 1.82) is 0 Å². The molecule has 0 amide bonds. The normalized spacial score (nSPS) is 11.5. The van der Waals surface area contributed by atoms with Crippen LogP contribution in [0.25, 0.3) is 16.7 Å². The fraction of sp³-hybridized carbons (Fsp3) is 0.357. The van der Waals surface area contributed by atoms with Crippen LogP contribution in [0.1, 0.15) is 12.7 Å². The van der Waals surface area contributed by atoms with Crippen LogP contribution in [0.3, 0.4) is 0 Å². The minimum Gasteiger partial charge on any atom is -0.360 e. The van der Waals surface area contributed by atoms with Gasteiger partial charge in [-0.25, -0.2) is 4.98 Å². The van der Waals surface area contributed by atoms with Crippen molar-refractivity contribution in [3.8, 4) is 0 Å². The topological polar surface area (TPSA) is 101 Å². The molecule has 3 rings (SSSR count). The molecule has 1 N–H and O–H groups in total. The van der Waals surface area contributed by atoms with Crippen molar-refractivity contribution in [1.82, 2.24) is 19.6 Å².